The number of carbonyl (C=O) groups is 1. The van der Waals surface area contributed by atoms with Crippen LogP contribution in [-0.4, -0.2) is 29.6 Å². The smallest absolute Gasteiger partial charge is 0.313 e. The third-order valence-corrected chi connectivity index (χ3v) is 4.48. The van der Waals surface area contributed by atoms with Crippen LogP contribution in [0.1, 0.15) is 23.5 Å². The van der Waals surface area contributed by atoms with Crippen molar-refractivity contribution in [3.05, 3.63) is 64.1 Å². The molecular formula is C19H16N2O5. The maximum Gasteiger partial charge on any atom is 0.313 e. The van der Waals surface area contributed by atoms with Gasteiger partial charge in [0.1, 0.15) is 17.1 Å². The average Bonchev–Trinajstić information content (AvgIpc) is 2.66. The molecule has 1 aliphatic heterocycles. The second-order valence-electron chi connectivity index (χ2n) is 5.90. The molecule has 26 heavy (non-hydrogen) atoms. The maximum atomic E-state index is 13.1. The summed E-state index contributed by atoms with van der Waals surface area (Å²) < 4.78 is 17.4. The molecule has 1 aliphatic rings. The van der Waals surface area contributed by atoms with Crippen LogP contribution >= 0.6 is 0 Å². The largest absolute Gasteiger partial charge is 0.497 e. The number of hydrogen-bond acceptors (Lipinski definition) is 6. The number of esters is 1. The van der Waals surface area contributed by atoms with Crippen LogP contribution in [0.5, 0.6) is 17.4 Å². The van der Waals surface area contributed by atoms with Crippen molar-refractivity contribution < 1.29 is 19.0 Å². The molecule has 1 unspecified atom stereocenters. The zero-order valence-corrected chi connectivity index (χ0v) is 14.3. The number of ether oxygens (including phenoxy) is 3. The van der Waals surface area contributed by atoms with E-state index in [9.17, 15) is 9.59 Å². The number of nitrogens with zero attached hydrogens (tertiary/aromatic N) is 2. The number of rotatable bonds is 3. The lowest BCUT2D eigenvalue weighted by molar-refractivity contribution is -0.135. The standard InChI is InChI=1S/C19H16N2O5/c1-24-11-6-7-12(14(9-11)25-2)13-10-16(22)26-18-17(13)19(23)21-8-4-3-5-15(21)20-18/h3-9,13H,10H2,1-2H3. The molecule has 0 bridgehead atoms. The molecule has 4 rings (SSSR count). The van der Waals surface area contributed by atoms with Crippen LogP contribution < -0.4 is 19.8 Å². The lowest BCUT2D eigenvalue weighted by Gasteiger charge is -2.25. The number of carbonyl (C=O) groups excluding carboxylic acids is 1. The summed E-state index contributed by atoms with van der Waals surface area (Å²) in [6.45, 7) is 0. The summed E-state index contributed by atoms with van der Waals surface area (Å²) in [6.07, 6.45) is 1.68. The van der Waals surface area contributed by atoms with Crippen molar-refractivity contribution in [2.75, 3.05) is 14.2 Å². The van der Waals surface area contributed by atoms with E-state index in [1.807, 2.05) is 0 Å². The number of benzene rings is 1. The molecule has 132 valence electrons. The molecule has 0 saturated heterocycles. The Balaban J connectivity index is 1.97. The Labute approximate surface area is 148 Å². The highest BCUT2D eigenvalue weighted by atomic mass is 16.5. The van der Waals surface area contributed by atoms with E-state index in [4.69, 9.17) is 14.2 Å². The van der Waals surface area contributed by atoms with Crippen LogP contribution in [0.15, 0.2) is 47.4 Å². The van der Waals surface area contributed by atoms with Gasteiger partial charge in [0.25, 0.3) is 5.56 Å². The fourth-order valence-electron chi connectivity index (χ4n) is 3.25. The van der Waals surface area contributed by atoms with E-state index in [1.54, 1.807) is 49.7 Å². The normalized spacial score (nSPS) is 16.1. The number of pyridine rings is 1. The first kappa shape index (κ1) is 16.1. The Hall–Kier alpha value is -3.35. The molecule has 3 heterocycles. The molecule has 1 atom stereocenters. The molecule has 0 aliphatic carbocycles. The summed E-state index contributed by atoms with van der Waals surface area (Å²) in [5.41, 5.74) is 1.21. The Kier molecular flexibility index (Phi) is 3.84. The predicted molar refractivity (Wildman–Crippen MR) is 93.1 cm³/mol. The molecule has 0 saturated carbocycles. The van der Waals surface area contributed by atoms with Crippen LogP contribution in [-0.2, 0) is 4.79 Å². The third kappa shape index (κ3) is 2.48. The van der Waals surface area contributed by atoms with Crippen LogP contribution in [0.4, 0.5) is 0 Å². The average molecular weight is 352 g/mol. The molecule has 0 N–H and O–H groups in total. The summed E-state index contributed by atoms with van der Waals surface area (Å²) in [4.78, 5) is 29.5. The Morgan fingerprint density at radius 1 is 1.15 bits per heavy atom. The van der Waals surface area contributed by atoms with Gasteiger partial charge in [0.15, 0.2) is 0 Å². The van der Waals surface area contributed by atoms with Gasteiger partial charge in [-0.15, -0.1) is 0 Å². The molecule has 1 aromatic carbocycles. The van der Waals surface area contributed by atoms with Gasteiger partial charge >= 0.3 is 5.97 Å². The summed E-state index contributed by atoms with van der Waals surface area (Å²) >= 11 is 0. The van der Waals surface area contributed by atoms with Crippen LogP contribution in [0.25, 0.3) is 5.65 Å². The van der Waals surface area contributed by atoms with E-state index in [1.165, 1.54) is 11.5 Å². The summed E-state index contributed by atoms with van der Waals surface area (Å²) in [5, 5.41) is 0. The zero-order chi connectivity index (χ0) is 18.3. The fraction of sp³-hybridized carbons (Fsp3) is 0.211. The molecule has 0 spiro atoms. The van der Waals surface area contributed by atoms with E-state index in [-0.39, 0.29) is 17.9 Å². The van der Waals surface area contributed by atoms with Crippen molar-refractivity contribution in [2.24, 2.45) is 0 Å². The highest BCUT2D eigenvalue weighted by Crippen LogP contribution is 2.40. The van der Waals surface area contributed by atoms with Gasteiger partial charge in [-0.25, -0.2) is 0 Å². The van der Waals surface area contributed by atoms with Crippen LogP contribution in [0, 0.1) is 0 Å². The summed E-state index contributed by atoms with van der Waals surface area (Å²) in [7, 11) is 3.09. The van der Waals surface area contributed by atoms with Gasteiger partial charge in [-0.2, -0.15) is 4.98 Å². The van der Waals surface area contributed by atoms with Crippen molar-refractivity contribution in [3.8, 4) is 17.4 Å². The second-order valence-corrected chi connectivity index (χ2v) is 5.90. The summed E-state index contributed by atoms with van der Waals surface area (Å²) in [6, 6.07) is 10.5. The van der Waals surface area contributed by atoms with Gasteiger partial charge in [0, 0.05) is 23.7 Å². The maximum absolute atomic E-state index is 13.1. The SMILES string of the molecule is COc1ccc(C2CC(=O)Oc3nc4ccccn4c(=O)c32)c(OC)c1. The molecule has 3 aromatic rings. The quantitative estimate of drug-likeness (QED) is 0.672. The highest BCUT2D eigenvalue weighted by molar-refractivity contribution is 5.77. The van der Waals surface area contributed by atoms with Crippen molar-refractivity contribution in [3.63, 3.8) is 0 Å². The Morgan fingerprint density at radius 2 is 2.00 bits per heavy atom. The van der Waals surface area contributed by atoms with Crippen molar-refractivity contribution in [1.29, 1.82) is 0 Å². The first-order chi connectivity index (χ1) is 12.6. The van der Waals surface area contributed by atoms with Gasteiger partial charge in [-0.3, -0.25) is 14.0 Å². The monoisotopic (exact) mass is 352 g/mol. The second kappa shape index (κ2) is 6.18. The number of hydrogen-bond donors (Lipinski definition) is 0. The molecule has 7 nitrogen and oxygen atoms in total. The van der Waals surface area contributed by atoms with Gasteiger partial charge in [-0.05, 0) is 18.2 Å². The van der Waals surface area contributed by atoms with Gasteiger partial charge in [0.2, 0.25) is 5.88 Å². The van der Waals surface area contributed by atoms with Gasteiger partial charge in [-0.1, -0.05) is 12.1 Å². The minimum atomic E-state index is -0.510. The molecule has 2 aromatic heterocycles. The fourth-order valence-corrected chi connectivity index (χ4v) is 3.25. The molecular weight excluding hydrogens is 336 g/mol. The first-order valence-electron chi connectivity index (χ1n) is 8.06. The van der Waals surface area contributed by atoms with E-state index in [2.05, 4.69) is 4.98 Å². The van der Waals surface area contributed by atoms with Gasteiger partial charge in [0.05, 0.1) is 26.2 Å². The van der Waals surface area contributed by atoms with Crippen molar-refractivity contribution >= 4 is 11.6 Å². The summed E-state index contributed by atoms with van der Waals surface area (Å²) in [5.74, 6) is 0.266. The lowest BCUT2D eigenvalue weighted by Crippen LogP contribution is -2.31. The molecule has 7 heteroatoms. The van der Waals surface area contributed by atoms with E-state index in [0.29, 0.717) is 28.3 Å². The van der Waals surface area contributed by atoms with E-state index >= 15 is 0 Å². The van der Waals surface area contributed by atoms with Gasteiger partial charge < -0.3 is 14.2 Å². The molecule has 0 amide bonds. The highest BCUT2D eigenvalue weighted by Gasteiger charge is 2.34. The molecule has 0 fully saturated rings. The minimum Gasteiger partial charge on any atom is -0.497 e. The van der Waals surface area contributed by atoms with Crippen molar-refractivity contribution in [1.82, 2.24) is 9.38 Å². The predicted octanol–water partition coefficient (Wildman–Crippen LogP) is 2.15. The topological polar surface area (TPSA) is 79.1 Å². The Bertz CT molecular complexity index is 1070. The number of aromatic nitrogens is 2. The Morgan fingerprint density at radius 3 is 2.77 bits per heavy atom. The van der Waals surface area contributed by atoms with E-state index in [0.717, 1.165) is 0 Å². The number of methoxy groups -OCH3 is 2. The van der Waals surface area contributed by atoms with E-state index < -0.39 is 11.9 Å². The third-order valence-electron chi connectivity index (χ3n) is 4.48. The molecule has 0 radical (unpaired) electrons. The first-order valence-corrected chi connectivity index (χ1v) is 8.06. The zero-order valence-electron chi connectivity index (χ0n) is 14.3. The minimum absolute atomic E-state index is 0.0332. The number of fused-ring (bicyclic) bond motifs is 2. The van der Waals surface area contributed by atoms with Crippen molar-refractivity contribution in [2.45, 2.75) is 12.3 Å². The lowest BCUT2D eigenvalue weighted by atomic mass is 9.87. The van der Waals surface area contributed by atoms with Crippen LogP contribution in [0.3, 0.4) is 0 Å². The van der Waals surface area contributed by atoms with Crippen LogP contribution in [0.2, 0.25) is 0 Å².